The predicted molar refractivity (Wildman–Crippen MR) is 85.2 cm³/mol. The van der Waals surface area contributed by atoms with E-state index in [1.54, 1.807) is 0 Å². The lowest BCUT2D eigenvalue weighted by Gasteiger charge is -2.43. The molecular weight excluding hydrogens is 356 g/mol. The number of halogens is 3. The summed E-state index contributed by atoms with van der Waals surface area (Å²) < 4.78 is 38.2. The number of nitrogens with zero attached hydrogens (tertiary/aromatic N) is 1. The maximum Gasteiger partial charge on any atom is 0.166 e. The molecule has 0 spiro atoms. The van der Waals surface area contributed by atoms with Gasteiger partial charge in [-0.2, -0.15) is 0 Å². The normalized spacial score (nSPS) is 20.2. The van der Waals surface area contributed by atoms with Gasteiger partial charge in [-0.05, 0) is 27.4 Å². The van der Waals surface area contributed by atoms with Crippen molar-refractivity contribution in [2.75, 3.05) is 32.9 Å². The van der Waals surface area contributed by atoms with E-state index in [9.17, 15) is 8.78 Å². The van der Waals surface area contributed by atoms with Crippen molar-refractivity contribution in [3.8, 4) is 5.75 Å². The summed E-state index contributed by atoms with van der Waals surface area (Å²) in [7, 11) is 0. The first-order valence-corrected chi connectivity index (χ1v) is 8.17. The molecule has 1 atom stereocenters. The van der Waals surface area contributed by atoms with E-state index in [1.165, 1.54) is 0 Å². The molecule has 1 heterocycles. The van der Waals surface area contributed by atoms with Crippen LogP contribution >= 0.6 is 15.9 Å². The van der Waals surface area contributed by atoms with Crippen LogP contribution < -0.4 is 4.74 Å². The summed E-state index contributed by atoms with van der Waals surface area (Å²) in [6.07, 6.45) is 0. The van der Waals surface area contributed by atoms with Gasteiger partial charge < -0.3 is 9.47 Å². The number of ether oxygens (including phenoxy) is 2. The highest BCUT2D eigenvalue weighted by molar-refractivity contribution is 9.10. The third-order valence-corrected chi connectivity index (χ3v) is 4.46. The Morgan fingerprint density at radius 1 is 1.32 bits per heavy atom. The maximum atomic E-state index is 13.7. The molecule has 1 aromatic carbocycles. The van der Waals surface area contributed by atoms with Gasteiger partial charge in [0.2, 0.25) is 0 Å². The smallest absolute Gasteiger partial charge is 0.166 e. The molecule has 1 aliphatic rings. The first-order chi connectivity index (χ1) is 10.3. The molecule has 2 rings (SSSR count). The Morgan fingerprint density at radius 3 is 2.73 bits per heavy atom. The Labute approximate surface area is 138 Å². The standard InChI is InChI=1S/C16H22BrF2NO2/c1-16(2,3)15-10-21-6-4-20(15)5-7-22-14-9-12(18)11(17)8-13(14)19/h8-9,15H,4-7,10H2,1-3H3. The van der Waals surface area contributed by atoms with Crippen molar-refractivity contribution >= 4 is 15.9 Å². The maximum absolute atomic E-state index is 13.7. The number of hydrogen-bond donors (Lipinski definition) is 0. The summed E-state index contributed by atoms with van der Waals surface area (Å²) >= 11 is 2.95. The van der Waals surface area contributed by atoms with Gasteiger partial charge in [-0.25, -0.2) is 8.78 Å². The van der Waals surface area contributed by atoms with Crippen molar-refractivity contribution in [3.05, 3.63) is 28.2 Å². The second kappa shape index (κ2) is 7.23. The SMILES string of the molecule is CC(C)(C)C1COCCN1CCOc1cc(F)c(Br)cc1F. The van der Waals surface area contributed by atoms with Crippen molar-refractivity contribution < 1.29 is 18.3 Å². The number of hydrogen-bond acceptors (Lipinski definition) is 3. The van der Waals surface area contributed by atoms with E-state index in [0.717, 1.165) is 18.7 Å². The number of morpholine rings is 1. The zero-order chi connectivity index (χ0) is 16.3. The number of benzene rings is 1. The summed E-state index contributed by atoms with van der Waals surface area (Å²) in [6, 6.07) is 2.44. The second-order valence-corrected chi connectivity index (χ2v) is 7.39. The molecule has 0 bridgehead atoms. The van der Waals surface area contributed by atoms with E-state index in [0.29, 0.717) is 26.4 Å². The third-order valence-electron chi connectivity index (χ3n) is 3.85. The molecule has 1 aromatic rings. The molecular formula is C16H22BrF2NO2. The van der Waals surface area contributed by atoms with Gasteiger partial charge in [-0.15, -0.1) is 0 Å². The van der Waals surface area contributed by atoms with Crippen LogP contribution in [-0.4, -0.2) is 43.9 Å². The molecule has 0 N–H and O–H groups in total. The number of rotatable bonds is 4. The molecule has 1 unspecified atom stereocenters. The predicted octanol–water partition coefficient (Wildman–Crippen LogP) is 3.85. The van der Waals surface area contributed by atoms with E-state index < -0.39 is 11.6 Å². The van der Waals surface area contributed by atoms with Crippen LogP contribution in [0.5, 0.6) is 5.75 Å². The average molecular weight is 378 g/mol. The average Bonchev–Trinajstić information content (AvgIpc) is 2.44. The summed E-state index contributed by atoms with van der Waals surface area (Å²) in [5, 5.41) is 0. The summed E-state index contributed by atoms with van der Waals surface area (Å²) in [6.45, 7) is 9.67. The minimum Gasteiger partial charge on any atom is -0.489 e. The van der Waals surface area contributed by atoms with Gasteiger partial charge in [0.05, 0.1) is 17.7 Å². The largest absolute Gasteiger partial charge is 0.489 e. The van der Waals surface area contributed by atoms with Gasteiger partial charge in [-0.3, -0.25) is 4.90 Å². The van der Waals surface area contributed by atoms with Crippen molar-refractivity contribution in [2.24, 2.45) is 5.41 Å². The van der Waals surface area contributed by atoms with Gasteiger partial charge in [0.25, 0.3) is 0 Å². The van der Waals surface area contributed by atoms with Crippen LogP contribution in [0.2, 0.25) is 0 Å². The molecule has 1 saturated heterocycles. The summed E-state index contributed by atoms with van der Waals surface area (Å²) in [5.41, 5.74) is 0.0926. The van der Waals surface area contributed by atoms with Crippen molar-refractivity contribution in [1.82, 2.24) is 4.90 Å². The van der Waals surface area contributed by atoms with Crippen LogP contribution in [-0.2, 0) is 4.74 Å². The fraction of sp³-hybridized carbons (Fsp3) is 0.625. The fourth-order valence-corrected chi connectivity index (χ4v) is 2.91. The van der Waals surface area contributed by atoms with Gasteiger partial charge in [0.15, 0.2) is 11.6 Å². The monoisotopic (exact) mass is 377 g/mol. The quantitative estimate of drug-likeness (QED) is 0.743. The molecule has 0 aromatic heterocycles. The highest BCUT2D eigenvalue weighted by atomic mass is 79.9. The molecule has 0 saturated carbocycles. The molecule has 0 amide bonds. The minimum atomic E-state index is -0.567. The van der Waals surface area contributed by atoms with Gasteiger partial charge >= 0.3 is 0 Å². The van der Waals surface area contributed by atoms with E-state index in [-0.39, 0.29) is 21.7 Å². The summed E-state index contributed by atoms with van der Waals surface area (Å²) in [4.78, 5) is 2.29. The Hall–Kier alpha value is -0.720. The first-order valence-electron chi connectivity index (χ1n) is 7.38. The van der Waals surface area contributed by atoms with Crippen molar-refractivity contribution in [1.29, 1.82) is 0 Å². The fourth-order valence-electron chi connectivity index (χ4n) is 2.59. The first kappa shape index (κ1) is 17.6. The zero-order valence-corrected chi connectivity index (χ0v) is 14.8. The Balaban J connectivity index is 1.94. The topological polar surface area (TPSA) is 21.7 Å². The minimum absolute atomic E-state index is 0.0544. The van der Waals surface area contributed by atoms with E-state index >= 15 is 0 Å². The van der Waals surface area contributed by atoms with Crippen LogP contribution in [0.25, 0.3) is 0 Å². The van der Waals surface area contributed by atoms with E-state index in [2.05, 4.69) is 41.6 Å². The second-order valence-electron chi connectivity index (χ2n) is 6.54. The molecule has 6 heteroatoms. The Bertz CT molecular complexity index is 520. The molecule has 3 nitrogen and oxygen atoms in total. The van der Waals surface area contributed by atoms with E-state index in [4.69, 9.17) is 9.47 Å². The Morgan fingerprint density at radius 2 is 2.05 bits per heavy atom. The van der Waals surface area contributed by atoms with Gasteiger partial charge in [0.1, 0.15) is 12.4 Å². The van der Waals surface area contributed by atoms with Crippen LogP contribution in [0.4, 0.5) is 8.78 Å². The highest BCUT2D eigenvalue weighted by Gasteiger charge is 2.32. The van der Waals surface area contributed by atoms with Crippen LogP contribution in [0.15, 0.2) is 16.6 Å². The molecule has 0 aliphatic carbocycles. The van der Waals surface area contributed by atoms with Crippen LogP contribution in [0.3, 0.4) is 0 Å². The van der Waals surface area contributed by atoms with Gasteiger partial charge in [-0.1, -0.05) is 20.8 Å². The molecule has 124 valence electrons. The van der Waals surface area contributed by atoms with E-state index in [1.807, 2.05) is 0 Å². The summed E-state index contributed by atoms with van der Waals surface area (Å²) in [5.74, 6) is -1.15. The molecule has 0 radical (unpaired) electrons. The zero-order valence-electron chi connectivity index (χ0n) is 13.2. The molecule has 1 aliphatic heterocycles. The van der Waals surface area contributed by atoms with Crippen LogP contribution in [0, 0.1) is 17.0 Å². The lowest BCUT2D eigenvalue weighted by Crippen LogP contribution is -2.53. The van der Waals surface area contributed by atoms with Gasteiger partial charge in [0, 0.05) is 25.2 Å². The Kier molecular flexibility index (Phi) is 5.80. The van der Waals surface area contributed by atoms with Crippen LogP contribution in [0.1, 0.15) is 20.8 Å². The van der Waals surface area contributed by atoms with Crippen molar-refractivity contribution in [3.63, 3.8) is 0 Å². The molecule has 22 heavy (non-hydrogen) atoms. The third kappa shape index (κ3) is 4.40. The lowest BCUT2D eigenvalue weighted by atomic mass is 9.85. The molecule has 1 fully saturated rings. The lowest BCUT2D eigenvalue weighted by molar-refractivity contribution is -0.0517. The highest BCUT2D eigenvalue weighted by Crippen LogP contribution is 2.27. The van der Waals surface area contributed by atoms with Crippen molar-refractivity contribution in [2.45, 2.75) is 26.8 Å².